The highest BCUT2D eigenvalue weighted by atomic mass is 16.5. The predicted molar refractivity (Wildman–Crippen MR) is 48.0 cm³/mol. The van der Waals surface area contributed by atoms with Gasteiger partial charge in [0.2, 0.25) is 0 Å². The van der Waals surface area contributed by atoms with Gasteiger partial charge in [0.05, 0.1) is 5.69 Å². The molecule has 0 aliphatic rings. The van der Waals surface area contributed by atoms with Crippen molar-refractivity contribution in [1.82, 2.24) is 0 Å². The lowest BCUT2D eigenvalue weighted by molar-refractivity contribution is -0.142. The fourth-order valence-corrected chi connectivity index (χ4v) is 0.879. The molecule has 0 amide bonds. The van der Waals surface area contributed by atoms with Crippen LogP contribution < -0.4 is 5.73 Å². The number of phenolic OH excluding ortho intramolecular Hbond substituents is 1. The maximum absolute atomic E-state index is 10.5. The van der Waals surface area contributed by atoms with E-state index in [9.17, 15) is 4.79 Å². The maximum atomic E-state index is 10.5. The second kappa shape index (κ2) is 3.80. The number of carbonyl (C=O) groups excluding carboxylic acids is 1. The van der Waals surface area contributed by atoms with Crippen molar-refractivity contribution in [3.8, 4) is 5.75 Å². The Morgan fingerprint density at radius 2 is 2.31 bits per heavy atom. The number of ether oxygens (including phenoxy) is 1. The van der Waals surface area contributed by atoms with Crippen LogP contribution in [0, 0.1) is 0 Å². The third-order valence-corrected chi connectivity index (χ3v) is 1.53. The molecule has 0 unspecified atom stereocenters. The van der Waals surface area contributed by atoms with Crippen LogP contribution >= 0.6 is 0 Å². The Morgan fingerprint density at radius 3 is 2.85 bits per heavy atom. The SMILES string of the molecule is CC(=O)OCc1ccc(O)c(N)c1. The molecule has 1 aromatic rings. The molecule has 0 saturated carbocycles. The van der Waals surface area contributed by atoms with Crippen LogP contribution in [0.25, 0.3) is 0 Å². The molecule has 0 aliphatic carbocycles. The number of nitrogen functional groups attached to an aromatic ring is 1. The van der Waals surface area contributed by atoms with Crippen molar-refractivity contribution in [1.29, 1.82) is 0 Å². The Balaban J connectivity index is 2.68. The second-order valence-corrected chi connectivity index (χ2v) is 2.67. The van der Waals surface area contributed by atoms with Gasteiger partial charge >= 0.3 is 5.97 Å². The zero-order valence-corrected chi connectivity index (χ0v) is 7.28. The monoisotopic (exact) mass is 181 g/mol. The minimum Gasteiger partial charge on any atom is -0.506 e. The van der Waals surface area contributed by atoms with Gasteiger partial charge in [-0.05, 0) is 17.7 Å². The largest absolute Gasteiger partial charge is 0.506 e. The molecule has 4 heteroatoms. The molecule has 70 valence electrons. The number of rotatable bonds is 2. The number of carbonyl (C=O) groups is 1. The summed E-state index contributed by atoms with van der Waals surface area (Å²) in [6, 6.07) is 4.68. The van der Waals surface area contributed by atoms with E-state index >= 15 is 0 Å². The quantitative estimate of drug-likeness (QED) is 0.406. The first kappa shape index (κ1) is 9.38. The van der Waals surface area contributed by atoms with E-state index < -0.39 is 0 Å². The summed E-state index contributed by atoms with van der Waals surface area (Å²) in [6.07, 6.45) is 0. The molecule has 13 heavy (non-hydrogen) atoms. The summed E-state index contributed by atoms with van der Waals surface area (Å²) in [5.74, 6) is -0.307. The first-order valence-electron chi connectivity index (χ1n) is 3.80. The number of phenols is 1. The van der Waals surface area contributed by atoms with Gasteiger partial charge in [-0.15, -0.1) is 0 Å². The van der Waals surface area contributed by atoms with E-state index in [0.29, 0.717) is 0 Å². The highest BCUT2D eigenvalue weighted by molar-refractivity contribution is 5.66. The number of aromatic hydroxyl groups is 1. The van der Waals surface area contributed by atoms with Crippen LogP contribution in [-0.2, 0) is 16.1 Å². The fourth-order valence-electron chi connectivity index (χ4n) is 0.879. The summed E-state index contributed by atoms with van der Waals surface area (Å²) in [4.78, 5) is 10.5. The van der Waals surface area contributed by atoms with Crippen LogP contribution in [0.5, 0.6) is 5.75 Å². The van der Waals surface area contributed by atoms with E-state index in [1.807, 2.05) is 0 Å². The second-order valence-electron chi connectivity index (χ2n) is 2.67. The number of esters is 1. The number of benzene rings is 1. The standard InChI is InChI=1S/C9H11NO3/c1-6(11)13-5-7-2-3-9(12)8(10)4-7/h2-4,12H,5,10H2,1H3. The lowest BCUT2D eigenvalue weighted by Gasteiger charge is -2.04. The molecular formula is C9H11NO3. The molecule has 0 spiro atoms. The van der Waals surface area contributed by atoms with Crippen molar-refractivity contribution >= 4 is 11.7 Å². The van der Waals surface area contributed by atoms with Gasteiger partial charge in [-0.1, -0.05) is 6.07 Å². The summed E-state index contributed by atoms with van der Waals surface area (Å²) >= 11 is 0. The average Bonchev–Trinajstić information content (AvgIpc) is 2.07. The normalized spacial score (nSPS) is 9.62. The number of hydrogen-bond acceptors (Lipinski definition) is 4. The number of nitrogens with two attached hydrogens (primary N) is 1. The zero-order chi connectivity index (χ0) is 9.84. The molecule has 0 saturated heterocycles. The van der Waals surface area contributed by atoms with Crippen molar-refractivity contribution in [2.24, 2.45) is 0 Å². The van der Waals surface area contributed by atoms with Gasteiger partial charge in [-0.25, -0.2) is 0 Å². The van der Waals surface area contributed by atoms with Crippen molar-refractivity contribution in [3.63, 3.8) is 0 Å². The Kier molecular flexibility index (Phi) is 2.74. The van der Waals surface area contributed by atoms with Gasteiger partial charge in [0.15, 0.2) is 0 Å². The minimum atomic E-state index is -0.341. The van der Waals surface area contributed by atoms with E-state index in [1.54, 1.807) is 12.1 Å². The van der Waals surface area contributed by atoms with Crippen LogP contribution in [0.1, 0.15) is 12.5 Å². The molecule has 0 aliphatic heterocycles. The van der Waals surface area contributed by atoms with Gasteiger partial charge in [0.25, 0.3) is 0 Å². The number of anilines is 1. The van der Waals surface area contributed by atoms with Gasteiger partial charge < -0.3 is 15.6 Å². The molecule has 4 nitrogen and oxygen atoms in total. The van der Waals surface area contributed by atoms with Crippen LogP contribution in [0.4, 0.5) is 5.69 Å². The fraction of sp³-hybridized carbons (Fsp3) is 0.222. The zero-order valence-electron chi connectivity index (χ0n) is 7.28. The first-order chi connectivity index (χ1) is 6.09. The van der Waals surface area contributed by atoms with Gasteiger partial charge in [-0.3, -0.25) is 4.79 Å². The van der Waals surface area contributed by atoms with Crippen molar-refractivity contribution in [2.75, 3.05) is 5.73 Å². The molecule has 0 radical (unpaired) electrons. The van der Waals surface area contributed by atoms with Gasteiger partial charge in [0.1, 0.15) is 12.4 Å². The van der Waals surface area contributed by atoms with Gasteiger partial charge in [0, 0.05) is 6.92 Å². The Bertz CT molecular complexity index is 323. The third kappa shape index (κ3) is 2.66. The molecule has 1 rings (SSSR count). The predicted octanol–water partition coefficient (Wildman–Crippen LogP) is 1.04. The van der Waals surface area contributed by atoms with E-state index in [1.165, 1.54) is 13.0 Å². The van der Waals surface area contributed by atoms with E-state index in [-0.39, 0.29) is 24.0 Å². The third-order valence-electron chi connectivity index (χ3n) is 1.53. The summed E-state index contributed by atoms with van der Waals surface area (Å²) in [5.41, 5.74) is 6.47. The minimum absolute atomic E-state index is 0.0339. The molecule has 0 fully saturated rings. The summed E-state index contributed by atoms with van der Waals surface area (Å²) in [6.45, 7) is 1.52. The van der Waals surface area contributed by atoms with Crippen LogP contribution in [0.3, 0.4) is 0 Å². The van der Waals surface area contributed by atoms with Crippen molar-refractivity contribution in [2.45, 2.75) is 13.5 Å². The van der Waals surface area contributed by atoms with Crippen LogP contribution in [-0.4, -0.2) is 11.1 Å². The Morgan fingerprint density at radius 1 is 1.62 bits per heavy atom. The molecule has 0 heterocycles. The van der Waals surface area contributed by atoms with E-state index in [4.69, 9.17) is 15.6 Å². The smallest absolute Gasteiger partial charge is 0.302 e. The molecule has 3 N–H and O–H groups in total. The Labute approximate surface area is 75.9 Å². The van der Waals surface area contributed by atoms with E-state index in [0.717, 1.165) is 5.56 Å². The summed E-state index contributed by atoms with van der Waals surface area (Å²) in [5, 5.41) is 9.09. The lowest BCUT2D eigenvalue weighted by atomic mass is 10.2. The molecule has 1 aromatic carbocycles. The summed E-state index contributed by atoms with van der Waals surface area (Å²) < 4.78 is 4.75. The first-order valence-corrected chi connectivity index (χ1v) is 3.80. The highest BCUT2D eigenvalue weighted by Gasteiger charge is 2.00. The average molecular weight is 181 g/mol. The van der Waals surface area contributed by atoms with Crippen molar-refractivity contribution < 1.29 is 14.6 Å². The van der Waals surface area contributed by atoms with Crippen LogP contribution in [0.15, 0.2) is 18.2 Å². The number of hydrogen-bond donors (Lipinski definition) is 2. The Hall–Kier alpha value is -1.71. The molecule has 0 aromatic heterocycles. The van der Waals surface area contributed by atoms with E-state index in [2.05, 4.69) is 0 Å². The maximum Gasteiger partial charge on any atom is 0.302 e. The molecular weight excluding hydrogens is 170 g/mol. The van der Waals surface area contributed by atoms with Gasteiger partial charge in [-0.2, -0.15) is 0 Å². The van der Waals surface area contributed by atoms with Crippen LogP contribution in [0.2, 0.25) is 0 Å². The summed E-state index contributed by atoms with van der Waals surface area (Å²) in [7, 11) is 0. The lowest BCUT2D eigenvalue weighted by Crippen LogP contribution is -1.99. The van der Waals surface area contributed by atoms with Crippen molar-refractivity contribution in [3.05, 3.63) is 23.8 Å². The molecule has 0 atom stereocenters. The topological polar surface area (TPSA) is 72.5 Å². The highest BCUT2D eigenvalue weighted by Crippen LogP contribution is 2.20. The molecule has 0 bridgehead atoms.